The fourth-order valence-corrected chi connectivity index (χ4v) is 3.49. The van der Waals surface area contributed by atoms with E-state index in [1.807, 2.05) is 61.5 Å². The number of nitrogens with zero attached hydrogens (tertiary/aromatic N) is 1. The summed E-state index contributed by atoms with van der Waals surface area (Å²) in [6.07, 6.45) is 1.72. The van der Waals surface area contributed by atoms with Crippen molar-refractivity contribution in [1.29, 1.82) is 0 Å². The molecule has 1 heterocycles. The lowest BCUT2D eigenvalue weighted by molar-refractivity contribution is -0.125. The van der Waals surface area contributed by atoms with E-state index in [0.29, 0.717) is 18.0 Å². The van der Waals surface area contributed by atoms with Gasteiger partial charge < -0.3 is 15.4 Å². The number of ether oxygens (including phenoxy) is 1. The van der Waals surface area contributed by atoms with Gasteiger partial charge in [0, 0.05) is 12.2 Å². The molecule has 1 fully saturated rings. The molecular weight excluding hydrogens is 354 g/mol. The summed E-state index contributed by atoms with van der Waals surface area (Å²) in [7, 11) is 1.58. The number of carbonyl (C=O) groups excluding carboxylic acids is 2. The number of rotatable bonds is 6. The molecule has 0 radical (unpaired) electrons. The minimum absolute atomic E-state index is 0.00763. The van der Waals surface area contributed by atoms with Gasteiger partial charge in [0.2, 0.25) is 11.8 Å². The van der Waals surface area contributed by atoms with Gasteiger partial charge >= 0.3 is 0 Å². The summed E-state index contributed by atoms with van der Waals surface area (Å²) in [4.78, 5) is 27.4. The number of methoxy groups -OCH3 is 1. The summed E-state index contributed by atoms with van der Waals surface area (Å²) in [6.45, 7) is 3.25. The van der Waals surface area contributed by atoms with Crippen LogP contribution in [0.1, 0.15) is 19.8 Å². The van der Waals surface area contributed by atoms with E-state index < -0.39 is 0 Å². The third-order valence-corrected chi connectivity index (χ3v) is 5.16. The monoisotopic (exact) mass is 381 g/mol. The van der Waals surface area contributed by atoms with Gasteiger partial charge in [-0.2, -0.15) is 0 Å². The van der Waals surface area contributed by atoms with E-state index in [0.717, 1.165) is 25.1 Å². The van der Waals surface area contributed by atoms with Crippen molar-refractivity contribution in [1.82, 2.24) is 4.90 Å². The molecule has 2 atom stereocenters. The predicted molar refractivity (Wildman–Crippen MR) is 110 cm³/mol. The van der Waals surface area contributed by atoms with Crippen molar-refractivity contribution in [3.8, 4) is 5.75 Å². The number of hydrogen-bond donors (Lipinski definition) is 2. The second-order valence-corrected chi connectivity index (χ2v) is 7.05. The number of likely N-dealkylation sites (tertiary alicyclic amines) is 1. The molecule has 28 heavy (non-hydrogen) atoms. The molecular formula is C22H27N3O3. The molecule has 2 amide bonds. The first-order valence-corrected chi connectivity index (χ1v) is 9.62. The number of amides is 2. The molecule has 3 rings (SSSR count). The van der Waals surface area contributed by atoms with E-state index >= 15 is 0 Å². The van der Waals surface area contributed by atoms with Crippen LogP contribution in [0.15, 0.2) is 54.6 Å². The van der Waals surface area contributed by atoms with Crippen LogP contribution in [-0.2, 0) is 9.59 Å². The van der Waals surface area contributed by atoms with Crippen LogP contribution in [0.25, 0.3) is 0 Å². The summed E-state index contributed by atoms with van der Waals surface area (Å²) < 4.78 is 5.30. The molecule has 6 heteroatoms. The Bertz CT molecular complexity index is 810. The maximum absolute atomic E-state index is 12.7. The van der Waals surface area contributed by atoms with Crippen LogP contribution in [0.2, 0.25) is 0 Å². The maximum atomic E-state index is 12.7. The third-order valence-electron chi connectivity index (χ3n) is 5.16. The normalized spacial score (nSPS) is 18.1. The standard InChI is InChI=1S/C22H27N3O3/c1-16(21(26)24-19-12-6-7-13-20(19)28-2)25-14-8-9-17(15-25)22(27)23-18-10-4-3-5-11-18/h3-7,10-13,16-17H,8-9,14-15H2,1-2H3,(H,23,27)(H,24,26). The Balaban J connectivity index is 1.59. The molecule has 2 N–H and O–H groups in total. The Morgan fingerprint density at radius 3 is 2.54 bits per heavy atom. The van der Waals surface area contributed by atoms with Crippen molar-refractivity contribution in [3.63, 3.8) is 0 Å². The van der Waals surface area contributed by atoms with Crippen molar-refractivity contribution in [2.24, 2.45) is 5.92 Å². The van der Waals surface area contributed by atoms with Gasteiger partial charge in [0.15, 0.2) is 0 Å². The number of hydrogen-bond acceptors (Lipinski definition) is 4. The smallest absolute Gasteiger partial charge is 0.241 e. The zero-order chi connectivity index (χ0) is 19.9. The van der Waals surface area contributed by atoms with Crippen molar-refractivity contribution in [2.45, 2.75) is 25.8 Å². The van der Waals surface area contributed by atoms with E-state index in [1.54, 1.807) is 7.11 Å². The third kappa shape index (κ3) is 4.89. The number of nitrogens with one attached hydrogen (secondary N) is 2. The van der Waals surface area contributed by atoms with Crippen LogP contribution >= 0.6 is 0 Å². The lowest BCUT2D eigenvalue weighted by Gasteiger charge is -2.35. The summed E-state index contributed by atoms with van der Waals surface area (Å²) >= 11 is 0. The molecule has 1 saturated heterocycles. The highest BCUT2D eigenvalue weighted by Gasteiger charge is 2.31. The molecule has 6 nitrogen and oxygen atoms in total. The fourth-order valence-electron chi connectivity index (χ4n) is 3.49. The molecule has 2 aromatic rings. The van der Waals surface area contributed by atoms with Crippen LogP contribution in [-0.4, -0.2) is 43.0 Å². The Morgan fingerprint density at radius 2 is 1.79 bits per heavy atom. The van der Waals surface area contributed by atoms with E-state index in [9.17, 15) is 9.59 Å². The highest BCUT2D eigenvalue weighted by atomic mass is 16.5. The highest BCUT2D eigenvalue weighted by molar-refractivity contribution is 5.96. The number of para-hydroxylation sites is 3. The molecule has 148 valence electrons. The minimum atomic E-state index is -0.336. The first kappa shape index (κ1) is 19.9. The molecule has 1 aliphatic heterocycles. The molecule has 0 spiro atoms. The van der Waals surface area contributed by atoms with Gasteiger partial charge in [0.1, 0.15) is 5.75 Å². The van der Waals surface area contributed by atoms with Crippen LogP contribution < -0.4 is 15.4 Å². The van der Waals surface area contributed by atoms with E-state index in [2.05, 4.69) is 15.5 Å². The second kappa shape index (κ2) is 9.37. The van der Waals surface area contributed by atoms with Gasteiger partial charge in [-0.05, 0) is 50.6 Å². The topological polar surface area (TPSA) is 70.7 Å². The van der Waals surface area contributed by atoms with E-state index in [-0.39, 0.29) is 23.8 Å². The average molecular weight is 381 g/mol. The molecule has 2 aromatic carbocycles. The summed E-state index contributed by atoms with van der Waals surface area (Å²) in [5.41, 5.74) is 1.45. The van der Waals surface area contributed by atoms with Crippen LogP contribution in [0.4, 0.5) is 11.4 Å². The molecule has 0 saturated carbocycles. The summed E-state index contributed by atoms with van der Waals surface area (Å²) in [5, 5.41) is 5.91. The largest absolute Gasteiger partial charge is 0.495 e. The number of anilines is 2. The lowest BCUT2D eigenvalue weighted by atomic mass is 9.95. The number of piperidine rings is 1. The Hall–Kier alpha value is -2.86. The average Bonchev–Trinajstić information content (AvgIpc) is 2.74. The SMILES string of the molecule is COc1ccccc1NC(=O)C(C)N1CCCC(C(=O)Nc2ccccc2)C1. The fraction of sp³-hybridized carbons (Fsp3) is 0.364. The Labute approximate surface area is 165 Å². The molecule has 0 aromatic heterocycles. The van der Waals surface area contributed by atoms with Gasteiger partial charge in [-0.1, -0.05) is 30.3 Å². The maximum Gasteiger partial charge on any atom is 0.241 e. The molecule has 0 aliphatic carbocycles. The molecule has 2 unspecified atom stereocenters. The predicted octanol–water partition coefficient (Wildman–Crippen LogP) is 3.37. The number of carbonyl (C=O) groups is 2. The van der Waals surface area contributed by atoms with Crippen LogP contribution in [0.5, 0.6) is 5.75 Å². The highest BCUT2D eigenvalue weighted by Crippen LogP contribution is 2.25. The zero-order valence-corrected chi connectivity index (χ0v) is 16.4. The van der Waals surface area contributed by atoms with Crippen molar-refractivity contribution in [2.75, 3.05) is 30.8 Å². The first-order chi connectivity index (χ1) is 13.6. The van der Waals surface area contributed by atoms with Gasteiger partial charge in [0.25, 0.3) is 0 Å². The molecule has 0 bridgehead atoms. The van der Waals surface area contributed by atoms with E-state index in [4.69, 9.17) is 4.74 Å². The minimum Gasteiger partial charge on any atom is -0.495 e. The van der Waals surface area contributed by atoms with E-state index in [1.165, 1.54) is 0 Å². The zero-order valence-electron chi connectivity index (χ0n) is 16.4. The summed E-state index contributed by atoms with van der Waals surface area (Å²) in [5.74, 6) is 0.402. The van der Waals surface area contributed by atoms with Crippen LogP contribution in [0.3, 0.4) is 0 Å². The van der Waals surface area contributed by atoms with Crippen LogP contribution in [0, 0.1) is 5.92 Å². The van der Waals surface area contributed by atoms with Gasteiger partial charge in [-0.3, -0.25) is 14.5 Å². The Morgan fingerprint density at radius 1 is 1.07 bits per heavy atom. The van der Waals surface area contributed by atoms with Gasteiger partial charge in [0.05, 0.1) is 24.8 Å². The quantitative estimate of drug-likeness (QED) is 0.805. The first-order valence-electron chi connectivity index (χ1n) is 9.62. The van der Waals surface area contributed by atoms with Gasteiger partial charge in [-0.15, -0.1) is 0 Å². The van der Waals surface area contributed by atoms with Crippen molar-refractivity contribution < 1.29 is 14.3 Å². The Kier molecular flexibility index (Phi) is 6.66. The summed E-state index contributed by atoms with van der Waals surface area (Å²) in [6, 6.07) is 16.5. The van der Waals surface area contributed by atoms with Gasteiger partial charge in [-0.25, -0.2) is 0 Å². The lowest BCUT2D eigenvalue weighted by Crippen LogP contribution is -2.49. The van der Waals surface area contributed by atoms with Crippen molar-refractivity contribution >= 4 is 23.2 Å². The van der Waals surface area contributed by atoms with Crippen molar-refractivity contribution in [3.05, 3.63) is 54.6 Å². The number of benzene rings is 2. The molecule has 1 aliphatic rings. The second-order valence-electron chi connectivity index (χ2n) is 7.05.